The quantitative estimate of drug-likeness (QED) is 0.332. The van der Waals surface area contributed by atoms with Gasteiger partial charge in [-0.1, -0.05) is 38.6 Å². The second kappa shape index (κ2) is 11.5. The number of carbonyl (C=O) groups excluding carboxylic acids is 2. The molecule has 0 bridgehead atoms. The third-order valence-electron chi connectivity index (χ3n) is 4.01. The molecule has 0 heterocycles. The Morgan fingerprint density at radius 3 is 2.58 bits per heavy atom. The number of carbonyl (C=O) groups is 2. The minimum Gasteiger partial charge on any atom is -0.484 e. The number of nitrogens with two attached hydrogens (primary N) is 2. The van der Waals surface area contributed by atoms with Crippen LogP contribution in [0.4, 0.5) is 0 Å². The summed E-state index contributed by atoms with van der Waals surface area (Å²) in [6.45, 7) is 4.40. The fourth-order valence-electron chi connectivity index (χ4n) is 2.88. The summed E-state index contributed by atoms with van der Waals surface area (Å²) in [6.07, 6.45) is 4.31. The van der Waals surface area contributed by atoms with E-state index in [-0.39, 0.29) is 13.0 Å². The molecule has 1 aromatic carbocycles. The van der Waals surface area contributed by atoms with Gasteiger partial charge >= 0.3 is 0 Å². The first kappa shape index (κ1) is 22.0. The predicted octanol–water partition coefficient (Wildman–Crippen LogP) is 2.97. The van der Waals surface area contributed by atoms with Crippen LogP contribution in [0.5, 0.6) is 5.75 Å². The fourth-order valence-corrected chi connectivity index (χ4v) is 3.11. The normalized spacial score (nSPS) is 11.7. The van der Waals surface area contributed by atoms with Crippen molar-refractivity contribution in [3.8, 4) is 5.75 Å². The van der Waals surface area contributed by atoms with Gasteiger partial charge in [-0.25, -0.2) is 0 Å². The number of allylic oxidation sites excluding steroid dienone is 1. The zero-order valence-corrected chi connectivity index (χ0v) is 16.4. The van der Waals surface area contributed by atoms with Crippen molar-refractivity contribution < 1.29 is 14.3 Å². The summed E-state index contributed by atoms with van der Waals surface area (Å²) in [5.41, 5.74) is 14.9. The standard InChI is InChI=1S/C20H28N2O3S/c1-3-5-14-12-15(25-13-20(22)24)6-7-16(14)17(9-11-23)18(8-10-21)19(26)4-2/h6-7,11-12H,3-5,8-10,13,21H2,1-2H3,(H2,22,24)/b18-17+. The topological polar surface area (TPSA) is 95.4 Å². The molecule has 0 atom stereocenters. The molecule has 0 spiro atoms. The van der Waals surface area contributed by atoms with Crippen molar-refractivity contribution in [3.05, 3.63) is 34.9 Å². The Labute approximate surface area is 160 Å². The lowest BCUT2D eigenvalue weighted by Gasteiger charge is -2.18. The lowest BCUT2D eigenvalue weighted by Crippen LogP contribution is -2.20. The Hall–Kier alpha value is -2.05. The van der Waals surface area contributed by atoms with Crippen LogP contribution in [0.3, 0.4) is 0 Å². The Morgan fingerprint density at radius 1 is 1.31 bits per heavy atom. The largest absolute Gasteiger partial charge is 0.484 e. The number of ether oxygens (including phenoxy) is 1. The summed E-state index contributed by atoms with van der Waals surface area (Å²) in [5, 5.41) is 0. The van der Waals surface area contributed by atoms with E-state index >= 15 is 0 Å². The molecule has 4 N–H and O–H groups in total. The van der Waals surface area contributed by atoms with Crippen molar-refractivity contribution in [2.24, 2.45) is 11.5 Å². The third-order valence-corrected chi connectivity index (χ3v) is 4.54. The van der Waals surface area contributed by atoms with E-state index in [1.807, 2.05) is 19.1 Å². The van der Waals surface area contributed by atoms with Crippen LogP contribution in [-0.4, -0.2) is 30.2 Å². The molecular formula is C20H28N2O3S. The Bertz CT molecular complexity index is 684. The SMILES string of the molecule is CCCc1cc(OCC(N)=O)ccc1/C(CC=O)=C(\CCN)C(=S)CC. The number of benzene rings is 1. The van der Waals surface area contributed by atoms with Gasteiger partial charge in [0.2, 0.25) is 0 Å². The van der Waals surface area contributed by atoms with Gasteiger partial charge in [0.15, 0.2) is 6.61 Å². The van der Waals surface area contributed by atoms with E-state index in [0.717, 1.165) is 52.7 Å². The van der Waals surface area contributed by atoms with Gasteiger partial charge in [0.1, 0.15) is 12.0 Å². The summed E-state index contributed by atoms with van der Waals surface area (Å²) in [7, 11) is 0. The highest BCUT2D eigenvalue weighted by Gasteiger charge is 2.16. The zero-order valence-electron chi connectivity index (χ0n) is 15.5. The first-order valence-electron chi connectivity index (χ1n) is 8.91. The van der Waals surface area contributed by atoms with Gasteiger partial charge in [-0.15, -0.1) is 0 Å². The molecule has 5 nitrogen and oxygen atoms in total. The molecule has 0 saturated heterocycles. The summed E-state index contributed by atoms with van der Waals surface area (Å²) in [5.74, 6) is 0.0612. The number of hydrogen-bond acceptors (Lipinski definition) is 5. The molecule has 0 aliphatic heterocycles. The lowest BCUT2D eigenvalue weighted by atomic mass is 9.88. The van der Waals surface area contributed by atoms with Crippen LogP contribution in [0, 0.1) is 0 Å². The van der Waals surface area contributed by atoms with E-state index in [9.17, 15) is 9.59 Å². The molecule has 26 heavy (non-hydrogen) atoms. The molecule has 0 radical (unpaired) electrons. The van der Waals surface area contributed by atoms with Crippen molar-refractivity contribution in [2.45, 2.75) is 46.0 Å². The van der Waals surface area contributed by atoms with Crippen molar-refractivity contribution in [2.75, 3.05) is 13.2 Å². The van der Waals surface area contributed by atoms with Crippen molar-refractivity contribution in [3.63, 3.8) is 0 Å². The van der Waals surface area contributed by atoms with Crippen LogP contribution < -0.4 is 16.2 Å². The first-order valence-corrected chi connectivity index (χ1v) is 9.32. The highest BCUT2D eigenvalue weighted by molar-refractivity contribution is 7.80. The number of primary amides is 1. The summed E-state index contributed by atoms with van der Waals surface area (Å²) in [6, 6.07) is 5.62. The minimum atomic E-state index is -0.522. The predicted molar refractivity (Wildman–Crippen MR) is 109 cm³/mol. The minimum absolute atomic E-state index is 0.166. The maximum absolute atomic E-state index is 11.3. The Balaban J connectivity index is 3.46. The van der Waals surface area contributed by atoms with E-state index in [1.165, 1.54) is 0 Å². The molecule has 0 aromatic heterocycles. The molecule has 1 rings (SSSR count). The van der Waals surface area contributed by atoms with E-state index < -0.39 is 5.91 Å². The molecule has 6 heteroatoms. The summed E-state index contributed by atoms with van der Waals surface area (Å²) >= 11 is 5.53. The molecule has 1 aromatic rings. The number of aryl methyl sites for hydroxylation is 1. The smallest absolute Gasteiger partial charge is 0.255 e. The Morgan fingerprint density at radius 2 is 2.04 bits per heavy atom. The zero-order chi connectivity index (χ0) is 19.5. The van der Waals surface area contributed by atoms with Crippen LogP contribution in [0.15, 0.2) is 23.8 Å². The molecule has 0 saturated carbocycles. The van der Waals surface area contributed by atoms with E-state index in [0.29, 0.717) is 18.7 Å². The average molecular weight is 377 g/mol. The van der Waals surface area contributed by atoms with Crippen LogP contribution >= 0.6 is 12.2 Å². The summed E-state index contributed by atoms with van der Waals surface area (Å²) in [4.78, 5) is 23.1. The van der Waals surface area contributed by atoms with Gasteiger partial charge in [0.05, 0.1) is 0 Å². The average Bonchev–Trinajstić information content (AvgIpc) is 2.63. The number of hydrogen-bond donors (Lipinski definition) is 2. The molecular weight excluding hydrogens is 348 g/mol. The number of amides is 1. The highest BCUT2D eigenvalue weighted by atomic mass is 32.1. The summed E-state index contributed by atoms with van der Waals surface area (Å²) < 4.78 is 5.42. The molecule has 0 fully saturated rings. The van der Waals surface area contributed by atoms with Gasteiger partial charge < -0.3 is 21.0 Å². The van der Waals surface area contributed by atoms with E-state index in [4.69, 9.17) is 28.4 Å². The first-order chi connectivity index (χ1) is 12.5. The van der Waals surface area contributed by atoms with Gasteiger partial charge in [0.25, 0.3) is 5.91 Å². The van der Waals surface area contributed by atoms with Crippen LogP contribution in [0.2, 0.25) is 0 Å². The maximum atomic E-state index is 11.3. The van der Waals surface area contributed by atoms with Crippen LogP contribution in [0.1, 0.15) is 50.7 Å². The highest BCUT2D eigenvalue weighted by Crippen LogP contribution is 2.31. The molecule has 0 aliphatic carbocycles. The molecule has 0 unspecified atom stereocenters. The molecule has 142 valence electrons. The second-order valence-electron chi connectivity index (χ2n) is 5.97. The van der Waals surface area contributed by atoms with Crippen molar-refractivity contribution in [1.29, 1.82) is 0 Å². The van der Waals surface area contributed by atoms with Gasteiger partial charge in [-0.3, -0.25) is 4.79 Å². The van der Waals surface area contributed by atoms with Gasteiger partial charge in [0, 0.05) is 11.3 Å². The monoisotopic (exact) mass is 376 g/mol. The van der Waals surface area contributed by atoms with Gasteiger partial charge in [-0.2, -0.15) is 0 Å². The second-order valence-corrected chi connectivity index (χ2v) is 6.46. The lowest BCUT2D eigenvalue weighted by molar-refractivity contribution is -0.120. The fraction of sp³-hybridized carbons (Fsp3) is 0.450. The number of aldehydes is 1. The third kappa shape index (κ3) is 6.35. The van der Waals surface area contributed by atoms with Crippen LogP contribution in [0.25, 0.3) is 5.57 Å². The van der Waals surface area contributed by atoms with E-state index in [2.05, 4.69) is 6.92 Å². The molecule has 1 amide bonds. The van der Waals surface area contributed by atoms with E-state index in [1.54, 1.807) is 6.07 Å². The molecule has 0 aliphatic rings. The van der Waals surface area contributed by atoms with Crippen molar-refractivity contribution in [1.82, 2.24) is 0 Å². The number of thiocarbonyl (C=S) groups is 1. The van der Waals surface area contributed by atoms with Gasteiger partial charge in [-0.05, 0) is 60.2 Å². The number of rotatable bonds is 12. The van der Waals surface area contributed by atoms with Crippen molar-refractivity contribution >= 4 is 34.8 Å². The Kier molecular flexibility index (Phi) is 9.76. The van der Waals surface area contributed by atoms with Crippen LogP contribution in [-0.2, 0) is 16.0 Å². The maximum Gasteiger partial charge on any atom is 0.255 e.